The van der Waals surface area contributed by atoms with E-state index >= 15 is 0 Å². The van der Waals surface area contributed by atoms with Crippen LogP contribution in [-0.2, 0) is 0 Å². The molecule has 0 amide bonds. The van der Waals surface area contributed by atoms with Crippen molar-refractivity contribution in [3.8, 4) is 11.6 Å². The highest BCUT2D eigenvalue weighted by Crippen LogP contribution is 2.30. The minimum atomic E-state index is 0.297. The molecule has 13 heavy (non-hydrogen) atoms. The topological polar surface area (TPSA) is 31.4 Å². The number of nitrogens with zero attached hydrogens (tertiary/aromatic N) is 1. The number of ether oxygens (including phenoxy) is 2. The summed E-state index contributed by atoms with van der Waals surface area (Å²) in [5, 5.41) is 0. The minimum absolute atomic E-state index is 0.297. The summed E-state index contributed by atoms with van der Waals surface area (Å²) in [4.78, 5) is 4.21. The van der Waals surface area contributed by atoms with Crippen LogP contribution in [0.3, 0.4) is 0 Å². The maximum Gasteiger partial charge on any atom is 0.260 e. The van der Waals surface area contributed by atoms with E-state index in [2.05, 4.69) is 4.98 Å². The van der Waals surface area contributed by atoms with Crippen molar-refractivity contribution in [2.75, 3.05) is 6.79 Å². The lowest BCUT2D eigenvalue weighted by Crippen LogP contribution is -1.93. The van der Waals surface area contributed by atoms with Gasteiger partial charge in [-0.2, -0.15) is 0 Å². The highest BCUT2D eigenvalue weighted by Gasteiger charge is 2.15. The van der Waals surface area contributed by atoms with Gasteiger partial charge in [0, 0.05) is 5.69 Å². The zero-order valence-electron chi connectivity index (χ0n) is 8.55. The van der Waals surface area contributed by atoms with Crippen molar-refractivity contribution < 1.29 is 9.47 Å². The van der Waals surface area contributed by atoms with Crippen LogP contribution in [0.25, 0.3) is 0 Å². The Labute approximate surface area is 78.7 Å². The summed E-state index contributed by atoms with van der Waals surface area (Å²) in [6.45, 7) is 8.26. The van der Waals surface area contributed by atoms with Crippen LogP contribution < -0.4 is 9.47 Å². The van der Waals surface area contributed by atoms with Gasteiger partial charge in [0.2, 0.25) is 6.79 Å². The molecule has 2 heterocycles. The summed E-state index contributed by atoms with van der Waals surface area (Å²) in [6, 6.07) is 1.95. The normalized spacial score (nSPS) is 12.0. The summed E-state index contributed by atoms with van der Waals surface area (Å²) in [5.74, 6) is 1.38. The molecule has 3 heteroatoms. The molecule has 1 aromatic rings. The summed E-state index contributed by atoms with van der Waals surface area (Å²) in [5.41, 5.74) is 2.13. The fourth-order valence-corrected chi connectivity index (χ4v) is 1.01. The molecule has 0 atom stereocenters. The van der Waals surface area contributed by atoms with Crippen molar-refractivity contribution >= 4 is 0 Å². The Kier molecular flexibility index (Phi) is 3.12. The van der Waals surface area contributed by atoms with Gasteiger partial charge in [-0.15, -0.1) is 0 Å². The van der Waals surface area contributed by atoms with Crippen LogP contribution in [0.4, 0.5) is 0 Å². The first kappa shape index (κ1) is 9.84. The molecule has 0 saturated carbocycles. The highest BCUT2D eigenvalue weighted by atomic mass is 16.7. The van der Waals surface area contributed by atoms with E-state index in [4.69, 9.17) is 9.47 Å². The molecule has 0 bridgehead atoms. The van der Waals surface area contributed by atoms with E-state index in [0.717, 1.165) is 17.0 Å². The van der Waals surface area contributed by atoms with Crippen LogP contribution in [-0.4, -0.2) is 11.8 Å². The SMILES string of the molecule is CC.Cc1cc2c(nc1C)OCO2. The van der Waals surface area contributed by atoms with Gasteiger partial charge in [-0.05, 0) is 25.5 Å². The fraction of sp³-hybridized carbons (Fsp3) is 0.500. The van der Waals surface area contributed by atoms with Gasteiger partial charge in [0.25, 0.3) is 5.88 Å². The van der Waals surface area contributed by atoms with Crippen molar-refractivity contribution in [1.29, 1.82) is 0 Å². The van der Waals surface area contributed by atoms with Crippen molar-refractivity contribution in [2.45, 2.75) is 27.7 Å². The first-order valence-electron chi connectivity index (χ1n) is 4.51. The summed E-state index contributed by atoms with van der Waals surface area (Å²) in [7, 11) is 0. The maximum absolute atomic E-state index is 5.15. The third kappa shape index (κ3) is 1.91. The van der Waals surface area contributed by atoms with Crippen LogP contribution in [0.1, 0.15) is 25.1 Å². The van der Waals surface area contributed by atoms with Gasteiger partial charge in [-0.1, -0.05) is 13.8 Å². The van der Waals surface area contributed by atoms with Crippen LogP contribution in [0.5, 0.6) is 11.6 Å². The van der Waals surface area contributed by atoms with Gasteiger partial charge in [-0.25, -0.2) is 4.98 Å². The first-order chi connectivity index (χ1) is 6.27. The maximum atomic E-state index is 5.15. The molecule has 1 aliphatic rings. The average Bonchev–Trinajstić information content (AvgIpc) is 2.56. The number of rotatable bonds is 0. The predicted octanol–water partition coefficient (Wildman–Crippen LogP) is 2.45. The molecule has 0 spiro atoms. The second kappa shape index (κ2) is 4.12. The van der Waals surface area contributed by atoms with Crippen molar-refractivity contribution in [3.63, 3.8) is 0 Å². The Bertz CT molecular complexity index is 268. The second-order valence-corrected chi connectivity index (χ2v) is 2.60. The van der Waals surface area contributed by atoms with E-state index in [1.54, 1.807) is 0 Å². The zero-order chi connectivity index (χ0) is 9.84. The second-order valence-electron chi connectivity index (χ2n) is 2.60. The number of aromatic nitrogens is 1. The molecule has 3 nitrogen and oxygen atoms in total. The Balaban J connectivity index is 0.000000396. The van der Waals surface area contributed by atoms with E-state index in [1.807, 2.05) is 33.8 Å². The molecule has 0 N–H and O–H groups in total. The molecule has 0 radical (unpaired) electrons. The van der Waals surface area contributed by atoms with E-state index in [1.165, 1.54) is 0 Å². The number of fused-ring (bicyclic) bond motifs is 1. The van der Waals surface area contributed by atoms with Gasteiger partial charge in [-0.3, -0.25) is 0 Å². The summed E-state index contributed by atoms with van der Waals surface area (Å²) >= 11 is 0. The van der Waals surface area contributed by atoms with Gasteiger partial charge < -0.3 is 9.47 Å². The van der Waals surface area contributed by atoms with E-state index < -0.39 is 0 Å². The fourth-order valence-electron chi connectivity index (χ4n) is 1.01. The smallest absolute Gasteiger partial charge is 0.260 e. The predicted molar refractivity (Wildman–Crippen MR) is 51.2 cm³/mol. The van der Waals surface area contributed by atoms with Gasteiger partial charge in [0.1, 0.15) is 0 Å². The quantitative estimate of drug-likeness (QED) is 0.616. The standard InChI is InChI=1S/C8H9NO2.C2H6/c1-5-3-7-8(9-6(5)2)11-4-10-7;1-2/h3H,4H2,1-2H3;1-2H3. The molecular formula is C10H15NO2. The average molecular weight is 181 g/mol. The Morgan fingerprint density at radius 3 is 2.62 bits per heavy atom. The Morgan fingerprint density at radius 1 is 1.23 bits per heavy atom. The zero-order valence-corrected chi connectivity index (χ0v) is 8.55. The molecule has 0 fully saturated rings. The lowest BCUT2D eigenvalue weighted by atomic mass is 10.2. The van der Waals surface area contributed by atoms with Crippen molar-refractivity contribution in [2.24, 2.45) is 0 Å². The Morgan fingerprint density at radius 2 is 1.92 bits per heavy atom. The van der Waals surface area contributed by atoms with Crippen molar-refractivity contribution in [3.05, 3.63) is 17.3 Å². The van der Waals surface area contributed by atoms with Crippen LogP contribution in [0.15, 0.2) is 6.07 Å². The summed E-state index contributed by atoms with van der Waals surface area (Å²) < 4.78 is 10.3. The van der Waals surface area contributed by atoms with Crippen LogP contribution >= 0.6 is 0 Å². The largest absolute Gasteiger partial charge is 0.452 e. The van der Waals surface area contributed by atoms with E-state index in [-0.39, 0.29) is 0 Å². The minimum Gasteiger partial charge on any atom is -0.452 e. The van der Waals surface area contributed by atoms with Crippen LogP contribution in [0.2, 0.25) is 0 Å². The molecule has 1 aliphatic heterocycles. The van der Waals surface area contributed by atoms with Gasteiger partial charge >= 0.3 is 0 Å². The number of aryl methyl sites for hydroxylation is 2. The monoisotopic (exact) mass is 181 g/mol. The number of hydrogen-bond donors (Lipinski definition) is 0. The first-order valence-corrected chi connectivity index (χ1v) is 4.51. The highest BCUT2D eigenvalue weighted by molar-refractivity contribution is 5.40. The third-order valence-corrected chi connectivity index (χ3v) is 1.81. The number of pyridine rings is 1. The lowest BCUT2D eigenvalue weighted by Gasteiger charge is -1.99. The molecule has 72 valence electrons. The van der Waals surface area contributed by atoms with Crippen LogP contribution in [0, 0.1) is 13.8 Å². The summed E-state index contributed by atoms with van der Waals surface area (Å²) in [6.07, 6.45) is 0. The molecule has 0 unspecified atom stereocenters. The molecular weight excluding hydrogens is 166 g/mol. The van der Waals surface area contributed by atoms with E-state index in [9.17, 15) is 0 Å². The van der Waals surface area contributed by atoms with E-state index in [0.29, 0.717) is 12.7 Å². The Hall–Kier alpha value is -1.25. The molecule has 0 aromatic carbocycles. The lowest BCUT2D eigenvalue weighted by molar-refractivity contribution is 0.171. The molecule has 0 saturated heterocycles. The molecule has 2 rings (SSSR count). The molecule has 1 aromatic heterocycles. The number of hydrogen-bond acceptors (Lipinski definition) is 3. The van der Waals surface area contributed by atoms with Crippen molar-refractivity contribution in [1.82, 2.24) is 4.98 Å². The van der Waals surface area contributed by atoms with Gasteiger partial charge in [0.05, 0.1) is 0 Å². The van der Waals surface area contributed by atoms with Gasteiger partial charge in [0.15, 0.2) is 5.75 Å². The molecule has 0 aliphatic carbocycles. The third-order valence-electron chi connectivity index (χ3n) is 1.81.